The first-order valence-corrected chi connectivity index (χ1v) is 3.90. The average Bonchev–Trinajstić information content (AvgIpc) is 1.96. The molecule has 0 amide bonds. The summed E-state index contributed by atoms with van der Waals surface area (Å²) in [5.74, 6) is -2.71. The topological polar surface area (TPSA) is 12.9 Å². The lowest BCUT2D eigenvalue weighted by Gasteiger charge is -2.01. The van der Waals surface area contributed by atoms with Crippen LogP contribution < -0.4 is 0 Å². The van der Waals surface area contributed by atoms with Crippen LogP contribution in [-0.4, -0.2) is 4.98 Å². The summed E-state index contributed by atoms with van der Waals surface area (Å²) in [6.45, 7) is 0. The molecular weight excluding hydrogens is 289 g/mol. The smallest absolute Gasteiger partial charge is 0.215 e. The average molecular weight is 291 g/mol. The lowest BCUT2D eigenvalue weighted by Crippen LogP contribution is -2.00. The minimum absolute atomic E-state index is 0.0819. The summed E-state index contributed by atoms with van der Waals surface area (Å²) >= 11 is 1.47. The highest BCUT2D eigenvalue weighted by Gasteiger charge is 2.17. The zero-order valence-electron chi connectivity index (χ0n) is 5.49. The van der Waals surface area contributed by atoms with Gasteiger partial charge in [-0.15, -0.1) is 0 Å². The molecule has 1 aromatic heterocycles. The molecule has 66 valence electrons. The lowest BCUT2D eigenvalue weighted by atomic mass is 10.3. The first-order chi connectivity index (χ1) is 5.52. The van der Waals surface area contributed by atoms with Crippen molar-refractivity contribution in [2.24, 2.45) is 0 Å². The van der Waals surface area contributed by atoms with Gasteiger partial charge in [-0.2, -0.15) is 4.39 Å². The number of halogens is 5. The molecule has 1 nitrogen and oxygen atoms in total. The van der Waals surface area contributed by atoms with E-state index in [2.05, 4.69) is 4.98 Å². The van der Waals surface area contributed by atoms with E-state index in [-0.39, 0.29) is 3.57 Å². The van der Waals surface area contributed by atoms with Gasteiger partial charge in [-0.3, -0.25) is 0 Å². The summed E-state index contributed by atoms with van der Waals surface area (Å²) in [6, 6.07) is 0.685. The molecule has 0 saturated heterocycles. The van der Waals surface area contributed by atoms with Gasteiger partial charge in [0.25, 0.3) is 6.43 Å². The first-order valence-electron chi connectivity index (χ1n) is 2.82. The van der Waals surface area contributed by atoms with Crippen LogP contribution in [0.4, 0.5) is 17.6 Å². The maximum atomic E-state index is 12.3. The third-order valence-corrected chi connectivity index (χ3v) is 1.98. The number of rotatable bonds is 1. The van der Waals surface area contributed by atoms with Gasteiger partial charge in [0.15, 0.2) is 5.82 Å². The van der Waals surface area contributed by atoms with Crippen LogP contribution >= 0.6 is 22.6 Å². The summed E-state index contributed by atoms with van der Waals surface area (Å²) in [5, 5.41) is 0. The van der Waals surface area contributed by atoms with Crippen molar-refractivity contribution >= 4 is 22.6 Å². The van der Waals surface area contributed by atoms with Gasteiger partial charge in [0.05, 0.1) is 0 Å². The molecule has 1 rings (SSSR count). The van der Waals surface area contributed by atoms with Crippen molar-refractivity contribution in [1.29, 1.82) is 0 Å². The first kappa shape index (κ1) is 9.69. The molecule has 0 atom stereocenters. The van der Waals surface area contributed by atoms with E-state index in [1.165, 1.54) is 22.6 Å². The normalized spacial score (nSPS) is 10.8. The summed E-state index contributed by atoms with van der Waals surface area (Å²) in [6.07, 6.45) is -2.88. The van der Waals surface area contributed by atoms with Crippen molar-refractivity contribution < 1.29 is 17.6 Å². The molecule has 0 aliphatic rings. The second kappa shape index (κ2) is 3.55. The van der Waals surface area contributed by atoms with Gasteiger partial charge in [0, 0.05) is 3.57 Å². The van der Waals surface area contributed by atoms with Gasteiger partial charge in [0.2, 0.25) is 5.95 Å². The van der Waals surface area contributed by atoms with Crippen molar-refractivity contribution in [3.8, 4) is 0 Å². The largest absolute Gasteiger partial charge is 0.281 e. The standard InChI is InChI=1S/C6H2F4IN/c7-2-1-3(11)4(5(8)9)12-6(2)10/h1,5H. The van der Waals surface area contributed by atoms with Crippen LogP contribution in [0, 0.1) is 15.3 Å². The third-order valence-electron chi connectivity index (χ3n) is 1.12. The fourth-order valence-electron chi connectivity index (χ4n) is 0.610. The molecule has 0 bridgehead atoms. The molecule has 0 aliphatic heterocycles. The molecule has 0 radical (unpaired) electrons. The highest BCUT2D eigenvalue weighted by atomic mass is 127. The predicted octanol–water partition coefficient (Wildman–Crippen LogP) is 2.90. The van der Waals surface area contributed by atoms with E-state index in [4.69, 9.17) is 0 Å². The van der Waals surface area contributed by atoms with Crippen LogP contribution in [0.3, 0.4) is 0 Å². The summed E-state index contributed by atoms with van der Waals surface area (Å²) in [7, 11) is 0. The number of alkyl halides is 2. The van der Waals surface area contributed by atoms with Crippen molar-refractivity contribution in [2.45, 2.75) is 6.43 Å². The van der Waals surface area contributed by atoms with Gasteiger partial charge in [-0.1, -0.05) is 0 Å². The molecule has 0 spiro atoms. The lowest BCUT2D eigenvalue weighted by molar-refractivity contribution is 0.143. The fourth-order valence-corrected chi connectivity index (χ4v) is 1.24. The van der Waals surface area contributed by atoms with Gasteiger partial charge >= 0.3 is 0 Å². The Labute approximate surface area is 78.9 Å². The number of hydrogen-bond acceptors (Lipinski definition) is 1. The number of nitrogens with zero attached hydrogens (tertiary/aromatic N) is 1. The molecule has 1 heterocycles. The minimum Gasteiger partial charge on any atom is -0.215 e. The molecule has 0 saturated carbocycles. The third kappa shape index (κ3) is 1.85. The minimum atomic E-state index is -2.88. The molecule has 12 heavy (non-hydrogen) atoms. The van der Waals surface area contributed by atoms with Crippen molar-refractivity contribution in [2.75, 3.05) is 0 Å². The predicted molar refractivity (Wildman–Crippen MR) is 41.8 cm³/mol. The van der Waals surface area contributed by atoms with Crippen molar-refractivity contribution in [3.63, 3.8) is 0 Å². The van der Waals surface area contributed by atoms with Crippen molar-refractivity contribution in [3.05, 3.63) is 27.1 Å². The monoisotopic (exact) mass is 291 g/mol. The zero-order valence-corrected chi connectivity index (χ0v) is 7.65. The Morgan fingerprint density at radius 1 is 1.33 bits per heavy atom. The van der Waals surface area contributed by atoms with Crippen molar-refractivity contribution in [1.82, 2.24) is 4.98 Å². The van der Waals surface area contributed by atoms with Crippen LogP contribution in [0.5, 0.6) is 0 Å². The van der Waals surface area contributed by atoms with Gasteiger partial charge < -0.3 is 0 Å². The second-order valence-electron chi connectivity index (χ2n) is 1.93. The van der Waals surface area contributed by atoms with Crippen LogP contribution in [0.1, 0.15) is 12.1 Å². The van der Waals surface area contributed by atoms with E-state index in [9.17, 15) is 17.6 Å². The fraction of sp³-hybridized carbons (Fsp3) is 0.167. The molecule has 6 heteroatoms. The molecule has 0 N–H and O–H groups in total. The molecule has 0 fully saturated rings. The van der Waals surface area contributed by atoms with Crippen LogP contribution in [0.25, 0.3) is 0 Å². The molecular formula is C6H2F4IN. The molecule has 0 unspecified atom stereocenters. The van der Waals surface area contributed by atoms with Crippen LogP contribution in [0.15, 0.2) is 6.07 Å². The van der Waals surface area contributed by atoms with Crippen LogP contribution in [0.2, 0.25) is 0 Å². The summed E-state index contributed by atoms with van der Waals surface area (Å²) in [4.78, 5) is 2.77. The maximum Gasteiger partial charge on any atom is 0.281 e. The quantitative estimate of drug-likeness (QED) is 0.440. The highest BCUT2D eigenvalue weighted by Crippen LogP contribution is 2.23. The Morgan fingerprint density at radius 3 is 2.42 bits per heavy atom. The molecule has 0 aromatic carbocycles. The summed E-state index contributed by atoms with van der Waals surface area (Å²) in [5.41, 5.74) is -0.727. The Hall–Kier alpha value is -0.400. The zero-order chi connectivity index (χ0) is 9.30. The number of pyridine rings is 1. The molecule has 0 aliphatic carbocycles. The van der Waals surface area contributed by atoms with E-state index in [0.717, 1.165) is 0 Å². The van der Waals surface area contributed by atoms with E-state index < -0.39 is 23.9 Å². The van der Waals surface area contributed by atoms with Crippen LogP contribution in [-0.2, 0) is 0 Å². The van der Waals surface area contributed by atoms with E-state index in [1.54, 1.807) is 0 Å². The van der Waals surface area contributed by atoms with Gasteiger partial charge in [-0.05, 0) is 28.7 Å². The highest BCUT2D eigenvalue weighted by molar-refractivity contribution is 14.1. The van der Waals surface area contributed by atoms with E-state index >= 15 is 0 Å². The summed E-state index contributed by atoms with van der Waals surface area (Å²) < 4.78 is 48.5. The van der Waals surface area contributed by atoms with Gasteiger partial charge in [0.1, 0.15) is 5.69 Å². The Balaban J connectivity index is 3.23. The Bertz CT molecular complexity index is 302. The Morgan fingerprint density at radius 2 is 1.92 bits per heavy atom. The van der Waals surface area contributed by atoms with Gasteiger partial charge in [-0.25, -0.2) is 18.2 Å². The number of hydrogen-bond donors (Lipinski definition) is 0. The number of aromatic nitrogens is 1. The maximum absolute atomic E-state index is 12.3. The molecule has 1 aromatic rings. The SMILES string of the molecule is Fc1cc(I)c(C(F)F)nc1F. The van der Waals surface area contributed by atoms with E-state index in [1.807, 2.05) is 0 Å². The second-order valence-corrected chi connectivity index (χ2v) is 3.09. The van der Waals surface area contributed by atoms with E-state index in [0.29, 0.717) is 6.07 Å². The Kier molecular flexibility index (Phi) is 2.86.